The van der Waals surface area contributed by atoms with Crippen molar-refractivity contribution in [2.45, 2.75) is 118 Å². The molecule has 0 aliphatic rings. The molecule has 0 amide bonds. The lowest BCUT2D eigenvalue weighted by molar-refractivity contribution is -0.0143. The van der Waals surface area contributed by atoms with Crippen molar-refractivity contribution in [1.29, 1.82) is 0 Å². The van der Waals surface area contributed by atoms with Gasteiger partial charge in [-0.2, -0.15) is 0 Å². The molecule has 0 saturated heterocycles. The van der Waals surface area contributed by atoms with Crippen LogP contribution in [0.5, 0.6) is 0 Å². The van der Waals surface area contributed by atoms with Gasteiger partial charge in [0.25, 0.3) is 0 Å². The van der Waals surface area contributed by atoms with Crippen LogP contribution in [0.3, 0.4) is 0 Å². The molecule has 0 rings (SSSR count). The number of hydrogen-bond donors (Lipinski definition) is 0. The number of rotatable bonds is 12. The summed E-state index contributed by atoms with van der Waals surface area (Å²) in [6.07, 6.45) is 2.88. The molecule has 0 aliphatic carbocycles. The van der Waals surface area contributed by atoms with Crippen molar-refractivity contribution in [3.63, 3.8) is 0 Å². The Morgan fingerprint density at radius 1 is 0.522 bits per heavy atom. The van der Waals surface area contributed by atoms with Gasteiger partial charge < -0.3 is 4.74 Å². The van der Waals surface area contributed by atoms with Gasteiger partial charge in [-0.05, 0) is 82.1 Å². The molecule has 0 aromatic rings. The third-order valence-electron chi connectivity index (χ3n) is 4.71. The van der Waals surface area contributed by atoms with Gasteiger partial charge >= 0.3 is 0 Å². The second-order valence-corrected chi connectivity index (χ2v) is 8.19. The van der Waals surface area contributed by atoms with E-state index in [9.17, 15) is 0 Å². The summed E-state index contributed by atoms with van der Waals surface area (Å²) in [4.78, 5) is 5.09. The molecular formula is C20H44N2O. The Hall–Kier alpha value is -0.120. The van der Waals surface area contributed by atoms with E-state index in [4.69, 9.17) is 4.74 Å². The lowest BCUT2D eigenvalue weighted by atomic mass is 10.1. The topological polar surface area (TPSA) is 15.7 Å². The van der Waals surface area contributed by atoms with Crippen LogP contribution in [-0.2, 0) is 4.74 Å². The van der Waals surface area contributed by atoms with Gasteiger partial charge in [-0.15, -0.1) is 0 Å². The highest BCUT2D eigenvalue weighted by molar-refractivity contribution is 4.71. The lowest BCUT2D eigenvalue weighted by Gasteiger charge is -2.33. The summed E-state index contributed by atoms with van der Waals surface area (Å²) in [7, 11) is 0. The average Bonchev–Trinajstić information content (AvgIpc) is 2.36. The second kappa shape index (κ2) is 11.4. The fraction of sp³-hybridized carbons (Fsp3) is 1.00. The van der Waals surface area contributed by atoms with Crippen LogP contribution >= 0.6 is 0 Å². The Balaban J connectivity index is 4.17. The van der Waals surface area contributed by atoms with Gasteiger partial charge in [0.1, 0.15) is 0 Å². The monoisotopic (exact) mass is 328 g/mol. The molecular weight excluding hydrogens is 284 g/mol. The van der Waals surface area contributed by atoms with Crippen molar-refractivity contribution < 1.29 is 4.74 Å². The van der Waals surface area contributed by atoms with Gasteiger partial charge in [0.05, 0.1) is 12.2 Å². The van der Waals surface area contributed by atoms with E-state index in [1.54, 1.807) is 0 Å². The maximum absolute atomic E-state index is 6.22. The molecule has 23 heavy (non-hydrogen) atoms. The predicted molar refractivity (Wildman–Crippen MR) is 103 cm³/mol. The summed E-state index contributed by atoms with van der Waals surface area (Å²) < 4.78 is 6.22. The third kappa shape index (κ3) is 9.69. The van der Waals surface area contributed by atoms with Crippen LogP contribution in [0.25, 0.3) is 0 Å². The highest BCUT2D eigenvalue weighted by Gasteiger charge is 2.18. The Morgan fingerprint density at radius 3 is 1.00 bits per heavy atom. The SMILES string of the molecule is CC(CCN(C(C)C)C(C)C)OC(C)CCN(C(C)C)C(C)C. The quantitative estimate of drug-likeness (QED) is 0.512. The van der Waals surface area contributed by atoms with Crippen LogP contribution < -0.4 is 0 Å². The molecule has 2 unspecified atom stereocenters. The molecule has 0 fully saturated rings. The minimum atomic E-state index is 0.330. The molecule has 0 N–H and O–H groups in total. The Morgan fingerprint density at radius 2 is 0.783 bits per heavy atom. The highest BCUT2D eigenvalue weighted by atomic mass is 16.5. The normalized spacial score (nSPS) is 15.7. The Bertz CT molecular complexity index is 245. The van der Waals surface area contributed by atoms with Crippen molar-refractivity contribution in [2.24, 2.45) is 0 Å². The smallest absolute Gasteiger partial charge is 0.0562 e. The van der Waals surface area contributed by atoms with E-state index in [1.807, 2.05) is 0 Å². The van der Waals surface area contributed by atoms with Crippen LogP contribution in [0, 0.1) is 0 Å². The third-order valence-corrected chi connectivity index (χ3v) is 4.71. The lowest BCUT2D eigenvalue weighted by Crippen LogP contribution is -2.40. The first-order chi connectivity index (χ1) is 10.6. The number of ether oxygens (including phenoxy) is 1. The Kier molecular flexibility index (Phi) is 11.4. The van der Waals surface area contributed by atoms with E-state index in [-0.39, 0.29) is 0 Å². The zero-order chi connectivity index (χ0) is 18.2. The molecule has 2 atom stereocenters. The van der Waals surface area contributed by atoms with Gasteiger partial charge in [0, 0.05) is 37.3 Å². The summed E-state index contributed by atoms with van der Waals surface area (Å²) in [5.41, 5.74) is 0. The molecule has 0 bridgehead atoms. The van der Waals surface area contributed by atoms with E-state index in [0.29, 0.717) is 36.4 Å². The van der Waals surface area contributed by atoms with Gasteiger partial charge in [-0.25, -0.2) is 0 Å². The van der Waals surface area contributed by atoms with Gasteiger partial charge in [0.2, 0.25) is 0 Å². The van der Waals surface area contributed by atoms with E-state index in [0.717, 1.165) is 25.9 Å². The van der Waals surface area contributed by atoms with Crippen LogP contribution in [0.1, 0.15) is 82.1 Å². The summed E-state index contributed by atoms with van der Waals surface area (Å²) >= 11 is 0. The number of nitrogens with zero attached hydrogens (tertiary/aromatic N) is 2. The summed E-state index contributed by atoms with van der Waals surface area (Å²) in [5.74, 6) is 0. The molecule has 0 spiro atoms. The molecule has 0 radical (unpaired) electrons. The summed E-state index contributed by atoms with van der Waals surface area (Å²) in [6, 6.07) is 2.41. The molecule has 0 heterocycles. The van der Waals surface area contributed by atoms with Crippen molar-refractivity contribution >= 4 is 0 Å². The van der Waals surface area contributed by atoms with Crippen molar-refractivity contribution in [1.82, 2.24) is 9.80 Å². The predicted octanol–water partition coefficient (Wildman–Crippen LogP) is 4.80. The first-order valence-electron chi connectivity index (χ1n) is 9.73. The molecule has 3 heteroatoms. The molecule has 0 saturated carbocycles. The van der Waals surface area contributed by atoms with Crippen LogP contribution in [0.4, 0.5) is 0 Å². The Labute approximate surface area is 146 Å². The second-order valence-electron chi connectivity index (χ2n) is 8.19. The van der Waals surface area contributed by atoms with Gasteiger partial charge in [-0.3, -0.25) is 9.80 Å². The van der Waals surface area contributed by atoms with Crippen LogP contribution in [-0.4, -0.2) is 59.3 Å². The van der Waals surface area contributed by atoms with E-state index in [2.05, 4.69) is 79.0 Å². The van der Waals surface area contributed by atoms with Crippen LogP contribution in [0.2, 0.25) is 0 Å². The molecule has 140 valence electrons. The zero-order valence-corrected chi connectivity index (χ0v) is 17.6. The minimum Gasteiger partial charge on any atom is -0.375 e. The summed E-state index contributed by atoms with van der Waals surface area (Å²) in [6.45, 7) is 24.9. The first kappa shape index (κ1) is 22.9. The zero-order valence-electron chi connectivity index (χ0n) is 17.6. The van der Waals surface area contributed by atoms with Crippen molar-refractivity contribution in [3.8, 4) is 0 Å². The molecule has 0 aromatic carbocycles. The fourth-order valence-electron chi connectivity index (χ4n) is 3.42. The number of hydrogen-bond acceptors (Lipinski definition) is 3. The van der Waals surface area contributed by atoms with E-state index >= 15 is 0 Å². The van der Waals surface area contributed by atoms with Crippen LogP contribution in [0.15, 0.2) is 0 Å². The highest BCUT2D eigenvalue weighted by Crippen LogP contribution is 2.13. The average molecular weight is 329 g/mol. The standard InChI is InChI=1S/C20H44N2O/c1-15(2)21(16(3)4)13-11-19(9)23-20(10)12-14-22(17(5)6)18(7)8/h15-20H,11-14H2,1-10H3. The van der Waals surface area contributed by atoms with Gasteiger partial charge in [0.15, 0.2) is 0 Å². The first-order valence-corrected chi connectivity index (χ1v) is 9.73. The maximum atomic E-state index is 6.22. The van der Waals surface area contributed by atoms with E-state index < -0.39 is 0 Å². The maximum Gasteiger partial charge on any atom is 0.0562 e. The molecule has 0 aliphatic heterocycles. The van der Waals surface area contributed by atoms with E-state index in [1.165, 1.54) is 0 Å². The fourth-order valence-corrected chi connectivity index (χ4v) is 3.42. The van der Waals surface area contributed by atoms with Gasteiger partial charge in [-0.1, -0.05) is 0 Å². The minimum absolute atomic E-state index is 0.330. The largest absolute Gasteiger partial charge is 0.375 e. The van der Waals surface area contributed by atoms with Crippen molar-refractivity contribution in [3.05, 3.63) is 0 Å². The molecule has 0 aromatic heterocycles. The van der Waals surface area contributed by atoms with Crippen molar-refractivity contribution in [2.75, 3.05) is 13.1 Å². The molecule has 3 nitrogen and oxygen atoms in total. The summed E-state index contributed by atoms with van der Waals surface area (Å²) in [5, 5.41) is 0.